The van der Waals surface area contributed by atoms with Crippen molar-refractivity contribution in [1.82, 2.24) is 14.9 Å². The van der Waals surface area contributed by atoms with Gasteiger partial charge in [0.15, 0.2) is 5.13 Å². The van der Waals surface area contributed by atoms with Crippen LogP contribution in [0.2, 0.25) is 0 Å². The Balaban J connectivity index is 1.41. The van der Waals surface area contributed by atoms with Crippen LogP contribution >= 0.6 is 11.3 Å². The lowest BCUT2D eigenvalue weighted by Gasteiger charge is -2.34. The van der Waals surface area contributed by atoms with E-state index in [1.165, 1.54) is 34.4 Å². The number of carbonyl (C=O) groups excluding carboxylic acids is 1. The summed E-state index contributed by atoms with van der Waals surface area (Å²) in [6.07, 6.45) is -2.81. The summed E-state index contributed by atoms with van der Waals surface area (Å²) < 4.78 is 39.3. The molecule has 1 aliphatic rings. The van der Waals surface area contributed by atoms with Crippen LogP contribution in [0.25, 0.3) is 10.3 Å². The largest absolute Gasteiger partial charge is 0.418 e. The molecule has 28 heavy (non-hydrogen) atoms. The molecular formula is C18H16F3N5OS. The lowest BCUT2D eigenvalue weighted by molar-refractivity contribution is -0.136. The van der Waals surface area contributed by atoms with E-state index < -0.39 is 17.8 Å². The molecule has 1 N–H and O–H groups in total. The highest BCUT2D eigenvalue weighted by Gasteiger charge is 2.34. The van der Waals surface area contributed by atoms with Gasteiger partial charge in [-0.25, -0.2) is 14.8 Å². The van der Waals surface area contributed by atoms with Gasteiger partial charge in [-0.05, 0) is 24.3 Å². The molecule has 0 atom stereocenters. The van der Waals surface area contributed by atoms with Gasteiger partial charge in [0.25, 0.3) is 0 Å². The SMILES string of the molecule is O=C(Nc1ccccc1C(F)(F)F)N1CCN(c2nc3cccnc3s2)CC1. The highest BCUT2D eigenvalue weighted by Crippen LogP contribution is 2.34. The number of pyridine rings is 1. The molecule has 2 amide bonds. The minimum absolute atomic E-state index is 0.236. The van der Waals surface area contributed by atoms with Crippen molar-refractivity contribution in [2.75, 3.05) is 36.4 Å². The average molecular weight is 407 g/mol. The van der Waals surface area contributed by atoms with E-state index in [-0.39, 0.29) is 5.69 Å². The van der Waals surface area contributed by atoms with E-state index in [9.17, 15) is 18.0 Å². The van der Waals surface area contributed by atoms with Crippen LogP contribution in [0.15, 0.2) is 42.6 Å². The van der Waals surface area contributed by atoms with Crippen LogP contribution in [0.3, 0.4) is 0 Å². The normalized spacial score (nSPS) is 15.1. The predicted molar refractivity (Wildman–Crippen MR) is 102 cm³/mol. The first-order valence-corrected chi connectivity index (χ1v) is 9.42. The summed E-state index contributed by atoms with van der Waals surface area (Å²) in [5.74, 6) is 0. The number of thiazole rings is 1. The maximum atomic E-state index is 13.1. The Morgan fingerprint density at radius 2 is 1.82 bits per heavy atom. The number of halogens is 3. The maximum Gasteiger partial charge on any atom is 0.418 e. The number of nitrogens with one attached hydrogen (secondary N) is 1. The minimum atomic E-state index is -4.52. The van der Waals surface area contributed by atoms with Gasteiger partial charge in [-0.2, -0.15) is 13.2 Å². The van der Waals surface area contributed by atoms with Crippen molar-refractivity contribution in [2.24, 2.45) is 0 Å². The molecule has 0 bridgehead atoms. The second-order valence-corrected chi connectivity index (χ2v) is 7.23. The number of benzene rings is 1. The van der Waals surface area contributed by atoms with Crippen LogP contribution in [0.4, 0.5) is 28.8 Å². The molecule has 10 heteroatoms. The van der Waals surface area contributed by atoms with Crippen LogP contribution in [0.1, 0.15) is 5.56 Å². The van der Waals surface area contributed by atoms with Crippen molar-refractivity contribution in [1.29, 1.82) is 0 Å². The molecule has 0 radical (unpaired) electrons. The number of anilines is 2. The van der Waals surface area contributed by atoms with Crippen molar-refractivity contribution in [2.45, 2.75) is 6.18 Å². The molecule has 0 aliphatic carbocycles. The molecule has 1 fully saturated rings. The zero-order chi connectivity index (χ0) is 19.7. The Kier molecular flexibility index (Phi) is 4.80. The molecule has 0 unspecified atom stereocenters. The second-order valence-electron chi connectivity index (χ2n) is 6.27. The molecule has 146 valence electrons. The van der Waals surface area contributed by atoms with Crippen LogP contribution in [-0.4, -0.2) is 47.1 Å². The number of alkyl halides is 3. The van der Waals surface area contributed by atoms with Crippen molar-refractivity contribution in [3.8, 4) is 0 Å². The lowest BCUT2D eigenvalue weighted by Crippen LogP contribution is -2.50. The smallest absolute Gasteiger partial charge is 0.344 e. The first-order chi connectivity index (χ1) is 13.4. The Bertz CT molecular complexity index is 965. The number of hydrogen-bond acceptors (Lipinski definition) is 5. The molecule has 2 aromatic heterocycles. The lowest BCUT2D eigenvalue weighted by atomic mass is 10.1. The van der Waals surface area contributed by atoms with E-state index in [0.717, 1.165) is 21.5 Å². The van der Waals surface area contributed by atoms with Gasteiger partial charge in [-0.3, -0.25) is 0 Å². The zero-order valence-electron chi connectivity index (χ0n) is 14.6. The van der Waals surface area contributed by atoms with Gasteiger partial charge in [-0.1, -0.05) is 23.5 Å². The average Bonchev–Trinajstić information content (AvgIpc) is 3.12. The van der Waals surface area contributed by atoms with Crippen molar-refractivity contribution < 1.29 is 18.0 Å². The summed E-state index contributed by atoms with van der Waals surface area (Å²) in [5.41, 5.74) is -0.268. The molecule has 1 aromatic carbocycles. The fourth-order valence-electron chi connectivity index (χ4n) is 3.03. The van der Waals surface area contributed by atoms with Crippen molar-refractivity contribution in [3.63, 3.8) is 0 Å². The monoisotopic (exact) mass is 407 g/mol. The molecule has 6 nitrogen and oxygen atoms in total. The Morgan fingerprint density at radius 3 is 2.54 bits per heavy atom. The number of piperazine rings is 1. The summed E-state index contributed by atoms with van der Waals surface area (Å²) in [4.78, 5) is 25.7. The van der Waals surface area contributed by atoms with Crippen molar-refractivity contribution >= 4 is 38.5 Å². The van der Waals surface area contributed by atoms with E-state index in [1.807, 2.05) is 12.1 Å². The van der Waals surface area contributed by atoms with Crippen LogP contribution in [0, 0.1) is 0 Å². The molecule has 3 heterocycles. The minimum Gasteiger partial charge on any atom is -0.344 e. The van der Waals surface area contributed by atoms with E-state index >= 15 is 0 Å². The number of nitrogens with zero attached hydrogens (tertiary/aromatic N) is 4. The quantitative estimate of drug-likeness (QED) is 0.696. The molecule has 0 spiro atoms. The van der Waals surface area contributed by atoms with Gasteiger partial charge in [0.1, 0.15) is 10.3 Å². The van der Waals surface area contributed by atoms with Gasteiger partial charge in [0.2, 0.25) is 0 Å². The number of aromatic nitrogens is 2. The number of hydrogen-bond donors (Lipinski definition) is 1. The van der Waals surface area contributed by atoms with Gasteiger partial charge < -0.3 is 15.1 Å². The van der Waals surface area contributed by atoms with E-state index in [1.54, 1.807) is 6.20 Å². The molecule has 4 rings (SSSR count). The number of carbonyl (C=O) groups is 1. The fourth-order valence-corrected chi connectivity index (χ4v) is 3.99. The predicted octanol–water partition coefficient (Wildman–Crippen LogP) is 4.06. The Hall–Kier alpha value is -2.88. The number of urea groups is 1. The van der Waals surface area contributed by atoms with E-state index in [2.05, 4.69) is 20.2 Å². The molecular weight excluding hydrogens is 391 g/mol. The third kappa shape index (κ3) is 3.72. The number of para-hydroxylation sites is 1. The Labute approximate surface area is 162 Å². The molecule has 1 saturated heterocycles. The maximum absolute atomic E-state index is 13.1. The number of fused-ring (bicyclic) bond motifs is 1. The van der Waals surface area contributed by atoms with Gasteiger partial charge in [0.05, 0.1) is 11.3 Å². The standard InChI is InChI=1S/C18H16F3N5OS/c19-18(20,21)12-4-1-2-5-13(12)23-16(27)25-8-10-26(11-9-25)17-24-14-6-3-7-22-15(14)28-17/h1-7H,8-11H2,(H,23,27). The highest BCUT2D eigenvalue weighted by molar-refractivity contribution is 7.21. The first-order valence-electron chi connectivity index (χ1n) is 8.60. The second kappa shape index (κ2) is 7.27. The first kappa shape index (κ1) is 18.5. The summed E-state index contributed by atoms with van der Waals surface area (Å²) >= 11 is 1.48. The van der Waals surface area contributed by atoms with Gasteiger partial charge in [-0.15, -0.1) is 0 Å². The number of amides is 2. The van der Waals surface area contributed by atoms with Gasteiger partial charge >= 0.3 is 12.2 Å². The fraction of sp³-hybridized carbons (Fsp3) is 0.278. The summed E-state index contributed by atoms with van der Waals surface area (Å²) in [6.45, 7) is 1.88. The summed E-state index contributed by atoms with van der Waals surface area (Å²) in [7, 11) is 0. The molecule has 3 aromatic rings. The topological polar surface area (TPSA) is 61.4 Å². The highest BCUT2D eigenvalue weighted by atomic mass is 32.1. The van der Waals surface area contributed by atoms with Crippen LogP contribution < -0.4 is 10.2 Å². The van der Waals surface area contributed by atoms with Crippen LogP contribution in [0.5, 0.6) is 0 Å². The van der Waals surface area contributed by atoms with Crippen molar-refractivity contribution in [3.05, 3.63) is 48.2 Å². The van der Waals surface area contributed by atoms with Gasteiger partial charge in [0, 0.05) is 32.4 Å². The third-order valence-corrected chi connectivity index (χ3v) is 5.51. The van der Waals surface area contributed by atoms with E-state index in [0.29, 0.717) is 26.2 Å². The summed E-state index contributed by atoms with van der Waals surface area (Å²) in [5, 5.41) is 3.22. The number of rotatable bonds is 2. The summed E-state index contributed by atoms with van der Waals surface area (Å²) in [6, 6.07) is 8.15. The third-order valence-electron chi connectivity index (χ3n) is 4.47. The molecule has 0 saturated carbocycles. The zero-order valence-corrected chi connectivity index (χ0v) is 15.4. The Morgan fingerprint density at radius 1 is 1.07 bits per heavy atom. The van der Waals surface area contributed by atoms with E-state index in [4.69, 9.17) is 0 Å². The van der Waals surface area contributed by atoms with Crippen LogP contribution in [-0.2, 0) is 6.18 Å². The molecule has 1 aliphatic heterocycles.